The second-order valence-electron chi connectivity index (χ2n) is 5.25. The molecule has 1 aliphatic rings. The van der Waals surface area contributed by atoms with Gasteiger partial charge in [-0.3, -0.25) is 0 Å². The highest BCUT2D eigenvalue weighted by Crippen LogP contribution is 2.18. The van der Waals surface area contributed by atoms with Crippen LogP contribution in [0, 0.1) is 0 Å². The fourth-order valence-corrected chi connectivity index (χ4v) is 2.64. The third-order valence-electron chi connectivity index (χ3n) is 3.72. The molecule has 118 valence electrons. The van der Waals surface area contributed by atoms with Gasteiger partial charge < -0.3 is 14.5 Å². The summed E-state index contributed by atoms with van der Waals surface area (Å²) < 4.78 is 5.76. The molecule has 7 heteroatoms. The van der Waals surface area contributed by atoms with Crippen molar-refractivity contribution in [1.82, 2.24) is 15.0 Å². The van der Waals surface area contributed by atoms with Gasteiger partial charge in [-0.1, -0.05) is 0 Å². The SMILES string of the molecule is CCN(CC)c1nc(Cl)nc(N(C)CC2CCCCO2)n1. The summed E-state index contributed by atoms with van der Waals surface area (Å²) in [6, 6.07) is 0. The highest BCUT2D eigenvalue weighted by Gasteiger charge is 2.19. The zero-order valence-corrected chi connectivity index (χ0v) is 13.8. The summed E-state index contributed by atoms with van der Waals surface area (Å²) in [5.74, 6) is 1.23. The van der Waals surface area contributed by atoms with Crippen molar-refractivity contribution in [3.63, 3.8) is 0 Å². The molecule has 1 aromatic heterocycles. The summed E-state index contributed by atoms with van der Waals surface area (Å²) in [4.78, 5) is 17.0. The number of nitrogens with zero attached hydrogens (tertiary/aromatic N) is 5. The lowest BCUT2D eigenvalue weighted by molar-refractivity contribution is 0.0214. The molecule has 1 unspecified atom stereocenters. The van der Waals surface area contributed by atoms with Crippen molar-refractivity contribution in [1.29, 1.82) is 0 Å². The normalized spacial score (nSPS) is 18.6. The first-order valence-electron chi connectivity index (χ1n) is 7.63. The Balaban J connectivity index is 2.10. The maximum absolute atomic E-state index is 6.05. The minimum atomic E-state index is 0.235. The van der Waals surface area contributed by atoms with Crippen molar-refractivity contribution in [2.24, 2.45) is 0 Å². The van der Waals surface area contributed by atoms with Crippen LogP contribution >= 0.6 is 11.6 Å². The molecule has 0 aliphatic carbocycles. The zero-order chi connectivity index (χ0) is 15.2. The minimum Gasteiger partial charge on any atom is -0.376 e. The Morgan fingerprint density at radius 2 is 1.86 bits per heavy atom. The molecular weight excluding hydrogens is 290 g/mol. The summed E-state index contributed by atoms with van der Waals surface area (Å²) in [5.41, 5.74) is 0. The van der Waals surface area contributed by atoms with E-state index in [1.165, 1.54) is 6.42 Å². The first kappa shape index (κ1) is 16.2. The molecule has 0 amide bonds. The first-order chi connectivity index (χ1) is 10.1. The molecule has 6 nitrogen and oxygen atoms in total. The van der Waals surface area contributed by atoms with Crippen LogP contribution < -0.4 is 9.80 Å². The minimum absolute atomic E-state index is 0.235. The van der Waals surface area contributed by atoms with Crippen LogP contribution in [0.2, 0.25) is 5.28 Å². The summed E-state index contributed by atoms with van der Waals surface area (Å²) >= 11 is 6.05. The topological polar surface area (TPSA) is 54.4 Å². The van der Waals surface area contributed by atoms with E-state index in [9.17, 15) is 0 Å². The number of aromatic nitrogens is 3. The van der Waals surface area contributed by atoms with Gasteiger partial charge in [-0.25, -0.2) is 0 Å². The monoisotopic (exact) mass is 313 g/mol. The van der Waals surface area contributed by atoms with Crippen LogP contribution in [-0.4, -0.2) is 54.3 Å². The van der Waals surface area contributed by atoms with Crippen LogP contribution in [0.4, 0.5) is 11.9 Å². The van der Waals surface area contributed by atoms with E-state index in [4.69, 9.17) is 16.3 Å². The number of hydrogen-bond acceptors (Lipinski definition) is 6. The Labute approximate surface area is 131 Å². The molecule has 1 fully saturated rings. The predicted octanol–water partition coefficient (Wildman–Crippen LogP) is 2.38. The molecule has 1 aliphatic heterocycles. The van der Waals surface area contributed by atoms with Crippen LogP contribution in [0.15, 0.2) is 0 Å². The molecule has 0 saturated carbocycles. The van der Waals surface area contributed by atoms with Gasteiger partial charge in [0.1, 0.15) is 0 Å². The van der Waals surface area contributed by atoms with Gasteiger partial charge in [0.25, 0.3) is 0 Å². The number of anilines is 2. The Morgan fingerprint density at radius 3 is 2.48 bits per heavy atom. The molecule has 21 heavy (non-hydrogen) atoms. The molecule has 2 rings (SSSR count). The average molecular weight is 314 g/mol. The third-order valence-corrected chi connectivity index (χ3v) is 3.89. The summed E-state index contributed by atoms with van der Waals surface area (Å²) in [6.45, 7) is 7.44. The fraction of sp³-hybridized carbons (Fsp3) is 0.786. The lowest BCUT2D eigenvalue weighted by atomic mass is 10.1. The third kappa shape index (κ3) is 4.41. The summed E-state index contributed by atoms with van der Waals surface area (Å²) in [5, 5.41) is 0.235. The van der Waals surface area contributed by atoms with E-state index < -0.39 is 0 Å². The highest BCUT2D eigenvalue weighted by molar-refractivity contribution is 6.28. The molecule has 0 aromatic carbocycles. The number of rotatable bonds is 6. The smallest absolute Gasteiger partial charge is 0.231 e. The fourth-order valence-electron chi connectivity index (χ4n) is 2.49. The summed E-state index contributed by atoms with van der Waals surface area (Å²) in [7, 11) is 1.97. The molecule has 2 heterocycles. The maximum Gasteiger partial charge on any atom is 0.231 e. The van der Waals surface area contributed by atoms with Crippen molar-refractivity contribution in [3.05, 3.63) is 5.28 Å². The Kier molecular flexibility index (Phi) is 5.99. The zero-order valence-electron chi connectivity index (χ0n) is 13.0. The van der Waals surface area contributed by atoms with Crippen molar-refractivity contribution >= 4 is 23.5 Å². The van der Waals surface area contributed by atoms with Gasteiger partial charge in [-0.2, -0.15) is 15.0 Å². The van der Waals surface area contributed by atoms with Gasteiger partial charge in [-0.15, -0.1) is 0 Å². The number of likely N-dealkylation sites (N-methyl/N-ethyl adjacent to an activating group) is 1. The molecule has 1 aromatic rings. The molecular formula is C14H24ClN5O. The molecule has 0 N–H and O–H groups in total. The van der Waals surface area contributed by atoms with Crippen molar-refractivity contribution in [2.75, 3.05) is 43.1 Å². The molecule has 1 saturated heterocycles. The average Bonchev–Trinajstić information content (AvgIpc) is 2.49. The van der Waals surface area contributed by atoms with Gasteiger partial charge >= 0.3 is 0 Å². The lowest BCUT2D eigenvalue weighted by Crippen LogP contribution is -2.35. The van der Waals surface area contributed by atoms with Crippen LogP contribution in [0.5, 0.6) is 0 Å². The van der Waals surface area contributed by atoms with Crippen LogP contribution in [0.25, 0.3) is 0 Å². The summed E-state index contributed by atoms with van der Waals surface area (Å²) in [6.07, 6.45) is 3.72. The van der Waals surface area contributed by atoms with Gasteiger partial charge in [0.2, 0.25) is 17.2 Å². The van der Waals surface area contributed by atoms with E-state index in [0.717, 1.165) is 39.1 Å². The first-order valence-corrected chi connectivity index (χ1v) is 8.01. The van der Waals surface area contributed by atoms with Crippen molar-refractivity contribution in [3.8, 4) is 0 Å². The quantitative estimate of drug-likeness (QED) is 0.803. The van der Waals surface area contributed by atoms with Gasteiger partial charge in [0.15, 0.2) is 0 Å². The van der Waals surface area contributed by atoms with Crippen molar-refractivity contribution < 1.29 is 4.74 Å². The van der Waals surface area contributed by atoms with Crippen LogP contribution in [-0.2, 0) is 4.74 Å². The Bertz CT molecular complexity index is 449. The standard InChI is InChI=1S/C14H24ClN5O/c1-4-20(5-2)14-17-12(15)16-13(18-14)19(3)10-11-8-6-7-9-21-11/h11H,4-10H2,1-3H3. The second kappa shape index (κ2) is 7.75. The van der Waals surface area contributed by atoms with Crippen LogP contribution in [0.1, 0.15) is 33.1 Å². The molecule has 0 bridgehead atoms. The van der Waals surface area contributed by atoms with E-state index in [0.29, 0.717) is 11.9 Å². The van der Waals surface area contributed by atoms with E-state index in [2.05, 4.69) is 33.7 Å². The highest BCUT2D eigenvalue weighted by atomic mass is 35.5. The van der Waals surface area contributed by atoms with Gasteiger partial charge in [-0.05, 0) is 44.7 Å². The van der Waals surface area contributed by atoms with Crippen molar-refractivity contribution in [2.45, 2.75) is 39.2 Å². The Morgan fingerprint density at radius 1 is 1.14 bits per heavy atom. The number of hydrogen-bond donors (Lipinski definition) is 0. The number of ether oxygens (including phenoxy) is 1. The molecule has 0 spiro atoms. The molecule has 0 radical (unpaired) electrons. The van der Waals surface area contributed by atoms with E-state index in [-0.39, 0.29) is 11.4 Å². The Hall–Kier alpha value is -1.14. The largest absolute Gasteiger partial charge is 0.376 e. The van der Waals surface area contributed by atoms with E-state index in [1.807, 2.05) is 11.9 Å². The van der Waals surface area contributed by atoms with Gasteiger partial charge in [0, 0.05) is 33.3 Å². The molecule has 1 atom stereocenters. The van der Waals surface area contributed by atoms with Crippen LogP contribution in [0.3, 0.4) is 0 Å². The van der Waals surface area contributed by atoms with E-state index >= 15 is 0 Å². The van der Waals surface area contributed by atoms with Gasteiger partial charge in [0.05, 0.1) is 6.10 Å². The van der Waals surface area contributed by atoms with E-state index in [1.54, 1.807) is 0 Å². The predicted molar refractivity (Wildman–Crippen MR) is 85.3 cm³/mol. The maximum atomic E-state index is 6.05. The lowest BCUT2D eigenvalue weighted by Gasteiger charge is -2.28. The second-order valence-corrected chi connectivity index (χ2v) is 5.58. The number of halogens is 1.